The van der Waals surface area contributed by atoms with Crippen molar-refractivity contribution in [2.24, 2.45) is 0 Å². The summed E-state index contributed by atoms with van der Waals surface area (Å²) in [6, 6.07) is 28.9. The van der Waals surface area contributed by atoms with Crippen molar-refractivity contribution in [3.8, 4) is 22.3 Å². The molecule has 0 saturated carbocycles. The Morgan fingerprint density at radius 3 is 1.19 bits per heavy atom. The molecule has 2 atom stereocenters. The number of benzene rings is 4. The van der Waals surface area contributed by atoms with Crippen LogP contribution in [0.4, 0.5) is 22.7 Å². The molecule has 6 rings (SSSR count). The van der Waals surface area contributed by atoms with Crippen molar-refractivity contribution in [2.75, 3.05) is 40.6 Å². The summed E-state index contributed by atoms with van der Waals surface area (Å²) in [4.78, 5) is 21.9. The predicted octanol–water partition coefficient (Wildman–Crippen LogP) is 5.79. The zero-order valence-electron chi connectivity index (χ0n) is 27.0. The van der Waals surface area contributed by atoms with Crippen LogP contribution in [-0.2, 0) is 24.7 Å². The molecule has 4 aromatic rings. The van der Waals surface area contributed by atoms with Crippen molar-refractivity contribution in [3.05, 3.63) is 96.1 Å². The first-order valence-electron chi connectivity index (χ1n) is 14.5. The fourth-order valence-electron chi connectivity index (χ4n) is 5.75. The Bertz CT molecular complexity index is 1880. The lowest BCUT2D eigenvalue weighted by atomic mass is 10.0. The summed E-state index contributed by atoms with van der Waals surface area (Å²) >= 11 is 0. The first-order valence-corrected chi connectivity index (χ1v) is 17.6. The number of hydrogen-bond donors (Lipinski definition) is 0. The summed E-state index contributed by atoms with van der Waals surface area (Å²) in [6.07, 6.45) is 2.43. The normalized spacial score (nSPS) is 18.3. The summed E-state index contributed by atoms with van der Waals surface area (Å²) in [5, 5.41) is 0. The van der Waals surface area contributed by atoms with Crippen LogP contribution in [0.2, 0.25) is 0 Å². The van der Waals surface area contributed by atoms with Gasteiger partial charge in [-0.15, -0.1) is 0 Å². The van der Waals surface area contributed by atoms with E-state index in [2.05, 4.69) is 92.8 Å². The number of hydrogen-bond acceptors (Lipinski definition) is 9. The van der Waals surface area contributed by atoms with Crippen molar-refractivity contribution in [2.45, 2.75) is 13.8 Å². The van der Waals surface area contributed by atoms with Crippen molar-refractivity contribution < 1.29 is 39.7 Å². The third-order valence-electron chi connectivity index (χ3n) is 8.30. The Kier molecular flexibility index (Phi) is 11.8. The van der Waals surface area contributed by atoms with E-state index in [9.17, 15) is 22.6 Å². The van der Waals surface area contributed by atoms with E-state index in [0.29, 0.717) is 6.26 Å². The van der Waals surface area contributed by atoms with Crippen molar-refractivity contribution in [3.63, 3.8) is 0 Å². The molecule has 0 saturated heterocycles. The lowest BCUT2D eigenvalue weighted by Crippen LogP contribution is -2.37. The SMILES string of the molecule is CC[N+]1(C)c2ccccc2-c2cc(C=O)ccc21.CC[N+]1(C)c2ccccc2-c2cc(C=O)ccc21.COS(=O)(=O)[O-].CS(=O)(=O)[O-]. The molecule has 2 aliphatic rings. The number of carbonyl (C=O) groups is 2. The van der Waals surface area contributed by atoms with E-state index in [4.69, 9.17) is 13.0 Å². The predicted molar refractivity (Wildman–Crippen MR) is 183 cm³/mol. The van der Waals surface area contributed by atoms with E-state index in [0.717, 1.165) is 52.9 Å². The van der Waals surface area contributed by atoms with E-state index in [-0.39, 0.29) is 0 Å². The summed E-state index contributed by atoms with van der Waals surface area (Å²) in [5.41, 5.74) is 11.6. The average Bonchev–Trinajstić information content (AvgIpc) is 3.46. The molecule has 250 valence electrons. The summed E-state index contributed by atoms with van der Waals surface area (Å²) in [7, 11) is -3.07. The second kappa shape index (κ2) is 14.8. The first-order chi connectivity index (χ1) is 22.0. The fourth-order valence-corrected chi connectivity index (χ4v) is 5.75. The maximum absolute atomic E-state index is 10.9. The quantitative estimate of drug-likeness (QED) is 0.110. The molecule has 0 aliphatic carbocycles. The molecule has 0 amide bonds. The highest BCUT2D eigenvalue weighted by atomic mass is 32.3. The third kappa shape index (κ3) is 8.45. The molecular weight excluding hydrogens is 645 g/mol. The number of rotatable bonds is 5. The van der Waals surface area contributed by atoms with Crippen LogP contribution >= 0.6 is 0 Å². The van der Waals surface area contributed by atoms with Crippen molar-refractivity contribution in [1.82, 2.24) is 8.97 Å². The lowest BCUT2D eigenvalue weighted by molar-refractivity contribution is 0.111. The first kappa shape index (κ1) is 37.4. The van der Waals surface area contributed by atoms with Gasteiger partial charge in [-0.05, 0) is 50.2 Å². The van der Waals surface area contributed by atoms with Gasteiger partial charge in [0.2, 0.25) is 10.4 Å². The average molecular weight is 683 g/mol. The number of aldehydes is 2. The van der Waals surface area contributed by atoms with Gasteiger partial charge in [-0.1, -0.05) is 24.3 Å². The van der Waals surface area contributed by atoms with E-state index in [1.54, 1.807) is 0 Å². The van der Waals surface area contributed by atoms with Crippen LogP contribution in [-0.4, -0.2) is 79.1 Å². The van der Waals surface area contributed by atoms with Crippen LogP contribution < -0.4 is 8.97 Å². The molecule has 0 bridgehead atoms. The van der Waals surface area contributed by atoms with Crippen LogP contribution in [0, 0.1) is 0 Å². The number of quaternary nitrogens is 2. The Hall–Kier alpha value is -4.08. The van der Waals surface area contributed by atoms with Gasteiger partial charge in [-0.3, -0.25) is 22.7 Å². The molecule has 4 aromatic carbocycles. The minimum atomic E-state index is -4.41. The minimum Gasteiger partial charge on any atom is -0.748 e. The van der Waals surface area contributed by atoms with Gasteiger partial charge in [0.05, 0.1) is 44.4 Å². The highest BCUT2D eigenvalue weighted by Gasteiger charge is 2.40. The van der Waals surface area contributed by atoms with Gasteiger partial charge in [0.1, 0.15) is 35.3 Å². The fraction of sp³-hybridized carbons (Fsp3) is 0.235. The minimum absolute atomic E-state index is 0.604. The second-order valence-corrected chi connectivity index (χ2v) is 13.7. The van der Waals surface area contributed by atoms with Gasteiger partial charge in [0, 0.05) is 63.9 Å². The highest BCUT2D eigenvalue weighted by Crippen LogP contribution is 2.52. The van der Waals surface area contributed by atoms with Gasteiger partial charge < -0.3 is 9.11 Å². The zero-order chi connectivity index (χ0) is 35.2. The van der Waals surface area contributed by atoms with Crippen molar-refractivity contribution >= 4 is 55.8 Å². The standard InChI is InChI=1S/2C16H16NO.CH4O4S.CH4O3S/c2*1-3-17(2)15-7-5-4-6-13(15)14-10-12(11-18)8-9-16(14)17;1-5-6(2,3)4;1-5(2,3)4/h2*4-11H,3H2,1-2H3;1H3,(H,2,3,4);1H3,(H,2,3,4)/q2*+1;;/p-2. The number of fused-ring (bicyclic) bond motifs is 6. The lowest BCUT2D eigenvalue weighted by Gasteiger charge is -2.28. The van der Waals surface area contributed by atoms with E-state index in [1.165, 1.54) is 45.0 Å². The number of carbonyl (C=O) groups excluding carboxylic acids is 2. The summed E-state index contributed by atoms with van der Waals surface area (Å²) in [5.74, 6) is 0. The molecule has 0 spiro atoms. The van der Waals surface area contributed by atoms with Gasteiger partial charge in [-0.2, -0.15) is 0 Å². The third-order valence-corrected chi connectivity index (χ3v) is 8.71. The van der Waals surface area contributed by atoms with Crippen LogP contribution in [0.3, 0.4) is 0 Å². The van der Waals surface area contributed by atoms with Crippen LogP contribution in [0.25, 0.3) is 22.3 Å². The molecule has 0 fully saturated rings. The molecule has 0 radical (unpaired) electrons. The molecule has 47 heavy (non-hydrogen) atoms. The van der Waals surface area contributed by atoms with Gasteiger partial charge in [-0.25, -0.2) is 16.8 Å². The van der Waals surface area contributed by atoms with E-state index in [1.807, 2.05) is 24.3 Å². The molecule has 0 aromatic heterocycles. The van der Waals surface area contributed by atoms with Crippen LogP contribution in [0.15, 0.2) is 84.9 Å². The molecule has 11 nitrogen and oxygen atoms in total. The number of para-hydroxylation sites is 2. The molecule has 2 heterocycles. The van der Waals surface area contributed by atoms with Crippen LogP contribution in [0.1, 0.15) is 34.6 Å². The summed E-state index contributed by atoms with van der Waals surface area (Å²) < 4.78 is 59.9. The van der Waals surface area contributed by atoms with Crippen LogP contribution in [0.5, 0.6) is 0 Å². The molecule has 0 N–H and O–H groups in total. The maximum atomic E-state index is 10.9. The Labute approximate surface area is 276 Å². The topological polar surface area (TPSA) is 158 Å². The molecular formula is C34H38N2O9S2. The largest absolute Gasteiger partial charge is 0.748 e. The molecule has 2 unspecified atom stereocenters. The smallest absolute Gasteiger partial charge is 0.217 e. The second-order valence-electron chi connectivity index (χ2n) is 11.1. The summed E-state index contributed by atoms with van der Waals surface area (Å²) in [6.45, 7) is 6.40. The Morgan fingerprint density at radius 2 is 0.915 bits per heavy atom. The number of nitrogens with zero attached hydrogens (tertiary/aromatic N) is 2. The molecule has 13 heteroatoms. The Balaban J connectivity index is 0.000000196. The van der Waals surface area contributed by atoms with E-state index >= 15 is 0 Å². The highest BCUT2D eigenvalue weighted by molar-refractivity contribution is 7.84. The molecule has 2 aliphatic heterocycles. The maximum Gasteiger partial charge on any atom is 0.217 e. The van der Waals surface area contributed by atoms with E-state index < -0.39 is 20.5 Å². The van der Waals surface area contributed by atoms with Gasteiger partial charge in [0.25, 0.3) is 0 Å². The van der Waals surface area contributed by atoms with Gasteiger partial charge in [0.15, 0.2) is 0 Å². The zero-order valence-corrected chi connectivity index (χ0v) is 28.7. The monoisotopic (exact) mass is 682 g/mol. The van der Waals surface area contributed by atoms with Gasteiger partial charge >= 0.3 is 0 Å². The van der Waals surface area contributed by atoms with Crippen molar-refractivity contribution in [1.29, 1.82) is 0 Å². The Morgan fingerprint density at radius 1 is 0.617 bits per heavy atom.